The predicted octanol–water partition coefficient (Wildman–Crippen LogP) is 0.253. The molecule has 1 aliphatic heterocycles. The maximum absolute atomic E-state index is 11.0. The molecule has 2 N–H and O–H groups in total. The van der Waals surface area contributed by atoms with Gasteiger partial charge in [0.15, 0.2) is 0 Å². The van der Waals surface area contributed by atoms with E-state index in [1.807, 2.05) is 6.08 Å². The van der Waals surface area contributed by atoms with Gasteiger partial charge in [0.1, 0.15) is 5.41 Å². The molecule has 1 aliphatic rings. The molecule has 4 heteroatoms. The van der Waals surface area contributed by atoms with Gasteiger partial charge >= 0.3 is 5.97 Å². The number of methoxy groups -OCH3 is 1. The number of rotatable bonds is 4. The Hall–Kier alpha value is -0.870. The van der Waals surface area contributed by atoms with Crippen LogP contribution < -0.4 is 5.32 Å². The first-order valence-corrected chi connectivity index (χ1v) is 4.32. The van der Waals surface area contributed by atoms with Crippen molar-refractivity contribution in [3.05, 3.63) is 12.2 Å². The van der Waals surface area contributed by atoms with Gasteiger partial charge in [0.25, 0.3) is 0 Å². The lowest BCUT2D eigenvalue weighted by atomic mass is 9.82. The highest BCUT2D eigenvalue weighted by Gasteiger charge is 2.36. The number of aliphatic carboxylic acids is 1. The number of carboxylic acid groups (broad SMARTS) is 1. The van der Waals surface area contributed by atoms with Crippen molar-refractivity contribution in [1.82, 2.24) is 5.32 Å². The van der Waals surface area contributed by atoms with Gasteiger partial charge in [-0.2, -0.15) is 0 Å². The smallest absolute Gasteiger partial charge is 0.314 e. The highest BCUT2D eigenvalue weighted by Crippen LogP contribution is 2.25. The second-order valence-corrected chi connectivity index (χ2v) is 3.24. The molecule has 0 fully saturated rings. The van der Waals surface area contributed by atoms with Crippen LogP contribution in [-0.4, -0.2) is 37.9 Å². The molecular weight excluding hydrogens is 170 g/mol. The predicted molar refractivity (Wildman–Crippen MR) is 48.6 cm³/mol. The number of hydrogen-bond donors (Lipinski definition) is 2. The molecule has 4 nitrogen and oxygen atoms in total. The van der Waals surface area contributed by atoms with Crippen molar-refractivity contribution < 1.29 is 14.6 Å². The van der Waals surface area contributed by atoms with Gasteiger partial charge in [-0.25, -0.2) is 0 Å². The average molecular weight is 185 g/mol. The number of hydrogen-bond acceptors (Lipinski definition) is 3. The van der Waals surface area contributed by atoms with Crippen molar-refractivity contribution in [3.8, 4) is 0 Å². The molecule has 0 saturated carbocycles. The van der Waals surface area contributed by atoms with E-state index >= 15 is 0 Å². The summed E-state index contributed by atoms with van der Waals surface area (Å²) in [5.74, 6) is -0.784. The molecule has 0 aromatic carbocycles. The monoisotopic (exact) mass is 185 g/mol. The third kappa shape index (κ3) is 2.29. The summed E-state index contributed by atoms with van der Waals surface area (Å²) in [4.78, 5) is 11.0. The molecule has 1 atom stereocenters. The Morgan fingerprint density at radius 3 is 3.00 bits per heavy atom. The van der Waals surface area contributed by atoms with E-state index in [1.54, 1.807) is 13.2 Å². The Kier molecular flexibility index (Phi) is 3.45. The second kappa shape index (κ2) is 4.39. The van der Waals surface area contributed by atoms with Crippen LogP contribution in [0.15, 0.2) is 12.2 Å². The lowest BCUT2D eigenvalue weighted by Crippen LogP contribution is -2.43. The van der Waals surface area contributed by atoms with E-state index in [4.69, 9.17) is 9.84 Å². The molecule has 0 aromatic rings. The van der Waals surface area contributed by atoms with Crippen LogP contribution in [0.5, 0.6) is 0 Å². The van der Waals surface area contributed by atoms with Crippen LogP contribution >= 0.6 is 0 Å². The first kappa shape index (κ1) is 10.2. The maximum atomic E-state index is 11.0. The number of carboxylic acids is 1. The normalized spacial score (nSPS) is 27.5. The Labute approximate surface area is 77.6 Å². The van der Waals surface area contributed by atoms with Gasteiger partial charge < -0.3 is 15.2 Å². The third-order valence-corrected chi connectivity index (χ3v) is 2.32. The Balaban J connectivity index is 2.68. The topological polar surface area (TPSA) is 58.6 Å². The summed E-state index contributed by atoms with van der Waals surface area (Å²) >= 11 is 0. The molecule has 0 bridgehead atoms. The summed E-state index contributed by atoms with van der Waals surface area (Å²) in [5, 5.41) is 12.1. The van der Waals surface area contributed by atoms with Gasteiger partial charge in [-0.05, 0) is 6.42 Å². The van der Waals surface area contributed by atoms with E-state index < -0.39 is 11.4 Å². The zero-order chi connectivity index (χ0) is 9.73. The highest BCUT2D eigenvalue weighted by molar-refractivity contribution is 5.77. The van der Waals surface area contributed by atoms with Gasteiger partial charge in [0.2, 0.25) is 0 Å². The van der Waals surface area contributed by atoms with Crippen molar-refractivity contribution in [2.45, 2.75) is 6.42 Å². The Morgan fingerprint density at radius 1 is 1.77 bits per heavy atom. The van der Waals surface area contributed by atoms with E-state index in [9.17, 15) is 4.79 Å². The molecule has 74 valence electrons. The van der Waals surface area contributed by atoms with Gasteiger partial charge in [-0.3, -0.25) is 4.79 Å². The van der Waals surface area contributed by atoms with E-state index in [2.05, 4.69) is 5.32 Å². The van der Waals surface area contributed by atoms with E-state index in [1.165, 1.54) is 0 Å². The van der Waals surface area contributed by atoms with Crippen LogP contribution in [0, 0.1) is 5.41 Å². The molecular formula is C9H15NO3. The molecule has 1 unspecified atom stereocenters. The van der Waals surface area contributed by atoms with Crippen LogP contribution in [0.3, 0.4) is 0 Å². The molecule has 13 heavy (non-hydrogen) atoms. The quantitative estimate of drug-likeness (QED) is 0.616. The standard InChI is InChI=1S/C9H15NO3/c1-13-6-4-9(8(11)12)3-2-5-10-7-9/h2-3,10H,4-7H2,1H3,(H,11,12). The molecule has 0 aromatic heterocycles. The Bertz CT molecular complexity index is 215. The summed E-state index contributed by atoms with van der Waals surface area (Å²) in [6.45, 7) is 1.71. The van der Waals surface area contributed by atoms with E-state index in [0.29, 0.717) is 19.6 Å². The first-order valence-electron chi connectivity index (χ1n) is 4.32. The zero-order valence-electron chi connectivity index (χ0n) is 7.75. The van der Waals surface area contributed by atoms with Gasteiger partial charge in [0.05, 0.1) is 0 Å². The summed E-state index contributed by atoms with van der Waals surface area (Å²) < 4.78 is 4.89. The molecule has 1 rings (SSSR count). The van der Waals surface area contributed by atoms with Crippen molar-refractivity contribution in [1.29, 1.82) is 0 Å². The molecule has 0 aliphatic carbocycles. The van der Waals surface area contributed by atoms with Crippen LogP contribution in [0.25, 0.3) is 0 Å². The lowest BCUT2D eigenvalue weighted by Gasteiger charge is -2.28. The number of nitrogens with one attached hydrogen (secondary N) is 1. The minimum absolute atomic E-state index is 0.471. The summed E-state index contributed by atoms with van der Waals surface area (Å²) in [6.07, 6.45) is 4.14. The SMILES string of the molecule is COCCC1(C(=O)O)C=CCNC1. The summed E-state index contributed by atoms with van der Waals surface area (Å²) in [7, 11) is 1.58. The fourth-order valence-corrected chi connectivity index (χ4v) is 1.43. The van der Waals surface area contributed by atoms with Crippen molar-refractivity contribution in [3.63, 3.8) is 0 Å². The summed E-state index contributed by atoms with van der Waals surface area (Å²) in [5.41, 5.74) is -0.770. The average Bonchev–Trinajstić information content (AvgIpc) is 2.16. The zero-order valence-corrected chi connectivity index (χ0v) is 7.75. The first-order chi connectivity index (χ1) is 6.21. The van der Waals surface area contributed by atoms with Crippen molar-refractivity contribution >= 4 is 5.97 Å². The second-order valence-electron chi connectivity index (χ2n) is 3.24. The van der Waals surface area contributed by atoms with Gasteiger partial charge in [-0.15, -0.1) is 0 Å². The fraction of sp³-hybridized carbons (Fsp3) is 0.667. The van der Waals surface area contributed by atoms with E-state index in [-0.39, 0.29) is 0 Å². The molecule has 0 radical (unpaired) electrons. The van der Waals surface area contributed by atoms with Crippen molar-refractivity contribution in [2.24, 2.45) is 5.41 Å². The lowest BCUT2D eigenvalue weighted by molar-refractivity contribution is -0.146. The molecule has 0 saturated heterocycles. The van der Waals surface area contributed by atoms with Crippen LogP contribution in [0.2, 0.25) is 0 Å². The molecule has 1 heterocycles. The van der Waals surface area contributed by atoms with E-state index in [0.717, 1.165) is 6.54 Å². The van der Waals surface area contributed by atoms with Crippen molar-refractivity contribution in [2.75, 3.05) is 26.8 Å². The Morgan fingerprint density at radius 2 is 2.54 bits per heavy atom. The number of ether oxygens (including phenoxy) is 1. The van der Waals surface area contributed by atoms with Gasteiger partial charge in [0, 0.05) is 26.8 Å². The van der Waals surface area contributed by atoms with Gasteiger partial charge in [-0.1, -0.05) is 12.2 Å². The summed E-state index contributed by atoms with van der Waals surface area (Å²) in [6, 6.07) is 0. The fourth-order valence-electron chi connectivity index (χ4n) is 1.43. The molecule has 0 spiro atoms. The van der Waals surface area contributed by atoms with Crippen LogP contribution in [0.1, 0.15) is 6.42 Å². The minimum atomic E-state index is -0.784. The van der Waals surface area contributed by atoms with Crippen LogP contribution in [0.4, 0.5) is 0 Å². The van der Waals surface area contributed by atoms with Crippen LogP contribution in [-0.2, 0) is 9.53 Å². The number of carbonyl (C=O) groups is 1. The largest absolute Gasteiger partial charge is 0.481 e. The maximum Gasteiger partial charge on any atom is 0.314 e. The highest BCUT2D eigenvalue weighted by atomic mass is 16.5. The third-order valence-electron chi connectivity index (χ3n) is 2.32. The molecule has 0 amide bonds. The minimum Gasteiger partial charge on any atom is -0.481 e.